The molecule has 1 aliphatic heterocycles. The first-order valence-corrected chi connectivity index (χ1v) is 11.2. The molecule has 1 aliphatic rings. The summed E-state index contributed by atoms with van der Waals surface area (Å²) >= 11 is 5.80. The molecule has 0 saturated carbocycles. The van der Waals surface area contributed by atoms with E-state index in [0.717, 1.165) is 28.1 Å². The van der Waals surface area contributed by atoms with Gasteiger partial charge in [0.25, 0.3) is 5.91 Å². The van der Waals surface area contributed by atoms with Crippen LogP contribution in [-0.4, -0.2) is 20.7 Å². The second-order valence-corrected chi connectivity index (χ2v) is 8.91. The number of rotatable bonds is 4. The molecule has 34 heavy (non-hydrogen) atoms. The number of hydrogen-bond donors (Lipinski definition) is 2. The van der Waals surface area contributed by atoms with Gasteiger partial charge in [-0.05, 0) is 70.1 Å². The summed E-state index contributed by atoms with van der Waals surface area (Å²) in [4.78, 5) is 15.5. The van der Waals surface area contributed by atoms with Crippen molar-refractivity contribution in [1.29, 1.82) is 5.26 Å². The summed E-state index contributed by atoms with van der Waals surface area (Å²) in [5.41, 5.74) is 6.37. The van der Waals surface area contributed by atoms with E-state index in [1.807, 2.05) is 62.4 Å². The van der Waals surface area contributed by atoms with Gasteiger partial charge in [0.2, 0.25) is 0 Å². The normalized spacial score (nSPS) is 15.9. The van der Waals surface area contributed by atoms with Gasteiger partial charge in [-0.2, -0.15) is 5.26 Å². The van der Waals surface area contributed by atoms with E-state index in [0.29, 0.717) is 33.7 Å². The minimum Gasteiger partial charge on any atom is -0.360 e. The molecule has 174 valence electrons. The number of benzene rings is 1. The second kappa shape index (κ2) is 8.80. The first kappa shape index (κ1) is 23.3. The Hall–Kier alpha value is -3.90. The zero-order valence-corrected chi connectivity index (χ0v) is 20.8. The van der Waals surface area contributed by atoms with Crippen molar-refractivity contribution in [2.75, 3.05) is 10.2 Å². The fourth-order valence-electron chi connectivity index (χ4n) is 4.25. The summed E-state index contributed by atoms with van der Waals surface area (Å²) in [6.07, 6.45) is 0. The number of allylic oxidation sites excluding steroid dienone is 1. The van der Waals surface area contributed by atoms with Gasteiger partial charge in [0.15, 0.2) is 10.9 Å². The summed E-state index contributed by atoms with van der Waals surface area (Å²) in [6, 6.07) is 11.2. The van der Waals surface area contributed by atoms with Gasteiger partial charge >= 0.3 is 0 Å². The maximum Gasteiger partial charge on any atom is 0.257 e. The predicted molar refractivity (Wildman–Crippen MR) is 134 cm³/mol. The minimum atomic E-state index is -0.546. The molecule has 0 fully saturated rings. The van der Waals surface area contributed by atoms with Gasteiger partial charge in [-0.25, -0.2) is 0 Å². The van der Waals surface area contributed by atoms with E-state index in [1.54, 1.807) is 19.1 Å². The lowest BCUT2D eigenvalue weighted by molar-refractivity contribution is -0.113. The minimum absolute atomic E-state index is 0.329. The van der Waals surface area contributed by atoms with Crippen LogP contribution >= 0.6 is 12.2 Å². The highest BCUT2D eigenvalue weighted by atomic mass is 32.1. The summed E-state index contributed by atoms with van der Waals surface area (Å²) < 4.78 is 6.92. The Kier molecular flexibility index (Phi) is 6.02. The maximum absolute atomic E-state index is 13.6. The smallest absolute Gasteiger partial charge is 0.257 e. The third kappa shape index (κ3) is 3.97. The highest BCUT2D eigenvalue weighted by Gasteiger charge is 2.37. The highest BCUT2D eigenvalue weighted by Crippen LogP contribution is 2.37. The molecule has 0 bridgehead atoms. The molecule has 1 atom stereocenters. The number of anilines is 2. The van der Waals surface area contributed by atoms with Crippen LogP contribution in [0.4, 0.5) is 11.5 Å². The van der Waals surface area contributed by atoms with Gasteiger partial charge in [0, 0.05) is 30.1 Å². The lowest BCUT2D eigenvalue weighted by Gasteiger charge is -2.38. The van der Waals surface area contributed by atoms with Crippen molar-refractivity contribution in [1.82, 2.24) is 15.0 Å². The van der Waals surface area contributed by atoms with Crippen molar-refractivity contribution in [3.63, 3.8) is 0 Å². The van der Waals surface area contributed by atoms with E-state index in [2.05, 4.69) is 21.9 Å². The molecule has 2 N–H and O–H groups in total. The fourth-order valence-corrected chi connectivity index (χ4v) is 4.61. The topological polar surface area (TPSA) is 99.1 Å². The highest BCUT2D eigenvalue weighted by molar-refractivity contribution is 7.80. The number of nitrogens with one attached hydrogen (secondary N) is 2. The van der Waals surface area contributed by atoms with E-state index in [9.17, 15) is 10.1 Å². The van der Waals surface area contributed by atoms with E-state index < -0.39 is 6.04 Å². The van der Waals surface area contributed by atoms with Crippen LogP contribution in [0.3, 0.4) is 0 Å². The molecule has 0 unspecified atom stereocenters. The van der Waals surface area contributed by atoms with E-state index in [4.69, 9.17) is 16.7 Å². The molecular formula is C25H26N6O2S. The van der Waals surface area contributed by atoms with E-state index >= 15 is 0 Å². The number of aromatic nitrogens is 2. The Morgan fingerprint density at radius 1 is 1.21 bits per heavy atom. The Morgan fingerprint density at radius 2 is 1.94 bits per heavy atom. The monoisotopic (exact) mass is 474 g/mol. The molecule has 8 nitrogen and oxygen atoms in total. The number of nitriles is 1. The summed E-state index contributed by atoms with van der Waals surface area (Å²) in [5, 5.41) is 20.1. The van der Waals surface area contributed by atoms with Crippen molar-refractivity contribution in [3.05, 3.63) is 75.4 Å². The Balaban J connectivity index is 1.89. The van der Waals surface area contributed by atoms with Gasteiger partial charge in [0.05, 0.1) is 17.3 Å². The standard InChI is InChI=1S/C25H26N6O2S/c1-13-7-8-14(2)20(9-13)31-17(5)22(24(32)27-21-10-15(3)33-29-21)23(28-25(31)34)19-11-18(12-26)30(6)16(19)4/h7-11,23H,1-6H3,(H,28,34)(H,27,29,32)/t23-/m1/s1. The average molecular weight is 475 g/mol. The molecule has 3 heterocycles. The fraction of sp³-hybridized carbons (Fsp3) is 0.280. The SMILES string of the molecule is CC1=C(C(=O)Nc2cc(C)on2)[C@@H](c2cc(C#N)n(C)c2C)NC(=S)N1c1cc(C)ccc1C. The van der Waals surface area contributed by atoms with Crippen LogP contribution in [0.15, 0.2) is 46.1 Å². The Bertz CT molecular complexity index is 1390. The van der Waals surface area contributed by atoms with Crippen LogP contribution in [0.5, 0.6) is 0 Å². The molecule has 9 heteroatoms. The van der Waals surface area contributed by atoms with Crippen LogP contribution in [0.25, 0.3) is 0 Å². The number of hydrogen-bond acceptors (Lipinski definition) is 5. The molecule has 1 aromatic carbocycles. The molecule has 0 spiro atoms. The van der Waals surface area contributed by atoms with Gasteiger partial charge in [-0.15, -0.1) is 0 Å². The van der Waals surface area contributed by atoms with E-state index in [-0.39, 0.29) is 5.91 Å². The lowest BCUT2D eigenvalue weighted by Crippen LogP contribution is -2.49. The molecule has 1 amide bonds. The number of aryl methyl sites for hydroxylation is 3. The van der Waals surface area contributed by atoms with Crippen molar-refractivity contribution >= 4 is 34.7 Å². The van der Waals surface area contributed by atoms with Crippen LogP contribution in [0, 0.1) is 39.0 Å². The second-order valence-electron chi connectivity index (χ2n) is 8.53. The van der Waals surface area contributed by atoms with Gasteiger partial charge in [0.1, 0.15) is 17.5 Å². The van der Waals surface area contributed by atoms with Gasteiger partial charge in [-0.1, -0.05) is 17.3 Å². The molecule has 0 radical (unpaired) electrons. The maximum atomic E-state index is 13.6. The third-order valence-electron chi connectivity index (χ3n) is 6.20. The van der Waals surface area contributed by atoms with Crippen LogP contribution in [0.1, 0.15) is 46.8 Å². The average Bonchev–Trinajstić information content (AvgIpc) is 3.32. The first-order valence-electron chi connectivity index (χ1n) is 10.8. The van der Waals surface area contributed by atoms with Crippen molar-refractivity contribution in [3.8, 4) is 6.07 Å². The summed E-state index contributed by atoms with van der Waals surface area (Å²) in [5.74, 6) is 0.591. The number of amides is 1. The molecule has 3 aromatic rings. The quantitative estimate of drug-likeness (QED) is 0.538. The largest absolute Gasteiger partial charge is 0.360 e. The molecule has 0 aliphatic carbocycles. The number of carbonyl (C=O) groups excluding carboxylic acids is 1. The Morgan fingerprint density at radius 3 is 2.56 bits per heavy atom. The predicted octanol–water partition coefficient (Wildman–Crippen LogP) is 4.47. The summed E-state index contributed by atoms with van der Waals surface area (Å²) in [6.45, 7) is 9.59. The molecule has 2 aromatic heterocycles. The zero-order valence-electron chi connectivity index (χ0n) is 20.0. The van der Waals surface area contributed by atoms with E-state index in [1.165, 1.54) is 0 Å². The zero-order chi connectivity index (χ0) is 24.7. The third-order valence-corrected chi connectivity index (χ3v) is 6.50. The van der Waals surface area contributed by atoms with Crippen molar-refractivity contribution in [2.24, 2.45) is 7.05 Å². The molecule has 4 rings (SSSR count). The van der Waals surface area contributed by atoms with Crippen molar-refractivity contribution < 1.29 is 9.32 Å². The number of thiocarbonyl (C=S) groups is 1. The Labute approximate surface area is 203 Å². The lowest BCUT2D eigenvalue weighted by atomic mass is 9.93. The van der Waals surface area contributed by atoms with Gasteiger partial charge < -0.3 is 19.7 Å². The number of carbonyl (C=O) groups is 1. The molecule has 0 saturated heterocycles. The summed E-state index contributed by atoms with van der Waals surface area (Å²) in [7, 11) is 1.83. The van der Waals surface area contributed by atoms with Crippen LogP contribution in [-0.2, 0) is 11.8 Å². The first-order chi connectivity index (χ1) is 16.1. The number of nitrogens with zero attached hydrogens (tertiary/aromatic N) is 4. The van der Waals surface area contributed by atoms with Crippen LogP contribution < -0.4 is 15.5 Å². The van der Waals surface area contributed by atoms with Gasteiger partial charge in [-0.3, -0.25) is 9.69 Å². The molecular weight excluding hydrogens is 448 g/mol. The van der Waals surface area contributed by atoms with Crippen molar-refractivity contribution in [2.45, 2.75) is 40.7 Å². The van der Waals surface area contributed by atoms with Crippen LogP contribution in [0.2, 0.25) is 0 Å².